The van der Waals surface area contributed by atoms with Crippen LogP contribution in [0.4, 0.5) is 5.69 Å². The maximum absolute atomic E-state index is 12.2. The summed E-state index contributed by atoms with van der Waals surface area (Å²) < 4.78 is 10.6. The molecule has 0 fully saturated rings. The lowest BCUT2D eigenvalue weighted by Crippen LogP contribution is -2.12. The largest absolute Gasteiger partial charge is 0.496 e. The molecule has 2 aromatic carbocycles. The van der Waals surface area contributed by atoms with Crippen LogP contribution in [-0.2, 0) is 4.74 Å². The Bertz CT molecular complexity index is 596. The molecule has 0 saturated carbocycles. The summed E-state index contributed by atoms with van der Waals surface area (Å²) in [6.07, 6.45) is -0.354. The van der Waals surface area contributed by atoms with Gasteiger partial charge in [-0.3, -0.25) is 0 Å². The Balaban J connectivity index is 2.21. The Hall–Kier alpha value is -2.49. The van der Waals surface area contributed by atoms with Crippen molar-refractivity contribution in [1.29, 1.82) is 0 Å². The second kappa shape index (κ2) is 6.10. The Morgan fingerprint density at radius 3 is 2.45 bits per heavy atom. The van der Waals surface area contributed by atoms with Gasteiger partial charge in [0.2, 0.25) is 0 Å². The van der Waals surface area contributed by atoms with E-state index in [9.17, 15) is 4.79 Å². The van der Waals surface area contributed by atoms with Crippen LogP contribution in [0.5, 0.6) is 5.75 Å². The molecule has 2 N–H and O–H groups in total. The van der Waals surface area contributed by atoms with E-state index in [1.807, 2.05) is 37.3 Å². The molecule has 20 heavy (non-hydrogen) atoms. The summed E-state index contributed by atoms with van der Waals surface area (Å²) in [5.41, 5.74) is 7.36. The van der Waals surface area contributed by atoms with Crippen molar-refractivity contribution < 1.29 is 14.3 Å². The van der Waals surface area contributed by atoms with Crippen LogP contribution in [0.1, 0.15) is 28.9 Å². The minimum atomic E-state index is -0.490. The van der Waals surface area contributed by atoms with Gasteiger partial charge in [0.05, 0.1) is 7.11 Å². The number of hydrogen-bond donors (Lipinski definition) is 1. The first-order chi connectivity index (χ1) is 9.63. The SMILES string of the molecule is COc1cccc(N)c1C(=O)OC(C)c1ccccc1. The number of nitrogens with two attached hydrogens (primary N) is 1. The summed E-state index contributed by atoms with van der Waals surface area (Å²) >= 11 is 0. The first-order valence-electron chi connectivity index (χ1n) is 6.32. The highest BCUT2D eigenvalue weighted by molar-refractivity contribution is 5.98. The molecule has 0 heterocycles. The van der Waals surface area contributed by atoms with Gasteiger partial charge in [0.1, 0.15) is 17.4 Å². The van der Waals surface area contributed by atoms with E-state index in [2.05, 4.69) is 0 Å². The van der Waals surface area contributed by atoms with Gasteiger partial charge in [-0.25, -0.2) is 4.79 Å². The Kier molecular flexibility index (Phi) is 4.25. The van der Waals surface area contributed by atoms with E-state index in [0.717, 1.165) is 5.56 Å². The zero-order chi connectivity index (χ0) is 14.5. The third-order valence-electron chi connectivity index (χ3n) is 3.04. The molecule has 4 heteroatoms. The fourth-order valence-electron chi connectivity index (χ4n) is 1.95. The van der Waals surface area contributed by atoms with Gasteiger partial charge in [0.15, 0.2) is 0 Å². The normalized spacial score (nSPS) is 11.7. The third-order valence-corrected chi connectivity index (χ3v) is 3.04. The van der Waals surface area contributed by atoms with Gasteiger partial charge in [0, 0.05) is 5.69 Å². The second-order valence-corrected chi connectivity index (χ2v) is 4.38. The number of hydrogen-bond acceptors (Lipinski definition) is 4. The molecule has 4 nitrogen and oxygen atoms in total. The predicted octanol–water partition coefficient (Wildman–Crippen LogP) is 3.20. The van der Waals surface area contributed by atoms with Crippen molar-refractivity contribution in [2.75, 3.05) is 12.8 Å². The van der Waals surface area contributed by atoms with E-state index in [4.69, 9.17) is 15.2 Å². The predicted molar refractivity (Wildman–Crippen MR) is 77.7 cm³/mol. The number of methoxy groups -OCH3 is 1. The average molecular weight is 271 g/mol. The molecule has 0 aliphatic heterocycles. The summed E-state index contributed by atoms with van der Waals surface area (Å²) in [6.45, 7) is 1.82. The molecule has 1 unspecified atom stereocenters. The Labute approximate surface area is 118 Å². The Morgan fingerprint density at radius 2 is 1.80 bits per heavy atom. The number of nitrogen functional groups attached to an aromatic ring is 1. The van der Waals surface area contributed by atoms with Gasteiger partial charge < -0.3 is 15.2 Å². The van der Waals surface area contributed by atoms with Crippen molar-refractivity contribution in [2.24, 2.45) is 0 Å². The highest BCUT2D eigenvalue weighted by Gasteiger charge is 2.20. The van der Waals surface area contributed by atoms with Crippen LogP contribution in [0.25, 0.3) is 0 Å². The molecule has 0 aliphatic carbocycles. The fourth-order valence-corrected chi connectivity index (χ4v) is 1.95. The standard InChI is InChI=1S/C16H17NO3/c1-11(12-7-4-3-5-8-12)20-16(18)15-13(17)9-6-10-14(15)19-2/h3-11H,17H2,1-2H3. The zero-order valence-corrected chi connectivity index (χ0v) is 11.5. The van der Waals surface area contributed by atoms with Gasteiger partial charge in [-0.15, -0.1) is 0 Å². The molecule has 2 rings (SSSR count). The topological polar surface area (TPSA) is 61.5 Å². The summed E-state index contributed by atoms with van der Waals surface area (Å²) in [6, 6.07) is 14.6. The maximum Gasteiger partial charge on any atom is 0.344 e. The van der Waals surface area contributed by atoms with Crippen molar-refractivity contribution in [3.05, 3.63) is 59.7 Å². The summed E-state index contributed by atoms with van der Waals surface area (Å²) in [4.78, 5) is 12.2. The van der Waals surface area contributed by atoms with E-state index in [0.29, 0.717) is 11.4 Å². The van der Waals surface area contributed by atoms with Crippen LogP contribution in [0.3, 0.4) is 0 Å². The number of rotatable bonds is 4. The first-order valence-corrected chi connectivity index (χ1v) is 6.32. The highest BCUT2D eigenvalue weighted by Crippen LogP contribution is 2.27. The molecule has 0 radical (unpaired) electrons. The van der Waals surface area contributed by atoms with Crippen LogP contribution in [-0.4, -0.2) is 13.1 Å². The zero-order valence-electron chi connectivity index (χ0n) is 11.5. The first kappa shape index (κ1) is 13.9. The van der Waals surface area contributed by atoms with E-state index >= 15 is 0 Å². The smallest absolute Gasteiger partial charge is 0.344 e. The van der Waals surface area contributed by atoms with E-state index in [-0.39, 0.29) is 11.7 Å². The lowest BCUT2D eigenvalue weighted by atomic mass is 10.1. The van der Waals surface area contributed by atoms with Crippen molar-refractivity contribution >= 4 is 11.7 Å². The number of benzene rings is 2. The van der Waals surface area contributed by atoms with Crippen LogP contribution in [0, 0.1) is 0 Å². The Morgan fingerprint density at radius 1 is 1.10 bits per heavy atom. The highest BCUT2D eigenvalue weighted by atomic mass is 16.5. The number of carbonyl (C=O) groups excluding carboxylic acids is 1. The minimum Gasteiger partial charge on any atom is -0.496 e. The number of anilines is 1. The van der Waals surface area contributed by atoms with Crippen molar-refractivity contribution in [2.45, 2.75) is 13.0 Å². The third kappa shape index (κ3) is 2.91. The van der Waals surface area contributed by atoms with Crippen LogP contribution in [0.15, 0.2) is 48.5 Å². The maximum atomic E-state index is 12.2. The molecular weight excluding hydrogens is 254 g/mol. The molecule has 2 aromatic rings. The summed E-state index contributed by atoms with van der Waals surface area (Å²) in [7, 11) is 1.49. The molecule has 0 saturated heterocycles. The molecule has 0 bridgehead atoms. The lowest BCUT2D eigenvalue weighted by molar-refractivity contribution is 0.0336. The van der Waals surface area contributed by atoms with E-state index in [1.165, 1.54) is 7.11 Å². The van der Waals surface area contributed by atoms with E-state index < -0.39 is 5.97 Å². The van der Waals surface area contributed by atoms with Crippen LogP contribution in [0.2, 0.25) is 0 Å². The molecule has 0 spiro atoms. The summed E-state index contributed by atoms with van der Waals surface area (Å²) in [5.74, 6) is -0.0773. The molecule has 0 aromatic heterocycles. The molecule has 0 amide bonds. The van der Waals surface area contributed by atoms with Gasteiger partial charge in [-0.05, 0) is 24.6 Å². The van der Waals surface area contributed by atoms with Gasteiger partial charge in [-0.2, -0.15) is 0 Å². The fraction of sp³-hybridized carbons (Fsp3) is 0.188. The van der Waals surface area contributed by atoms with Gasteiger partial charge in [-0.1, -0.05) is 36.4 Å². The molecule has 0 aliphatic rings. The summed E-state index contributed by atoms with van der Waals surface area (Å²) in [5, 5.41) is 0. The van der Waals surface area contributed by atoms with E-state index in [1.54, 1.807) is 18.2 Å². The van der Waals surface area contributed by atoms with Gasteiger partial charge >= 0.3 is 5.97 Å². The van der Waals surface area contributed by atoms with Crippen molar-refractivity contribution in [3.8, 4) is 5.75 Å². The number of esters is 1. The molecule has 1 atom stereocenters. The monoisotopic (exact) mass is 271 g/mol. The second-order valence-electron chi connectivity index (χ2n) is 4.38. The van der Waals surface area contributed by atoms with Crippen LogP contribution < -0.4 is 10.5 Å². The number of carbonyl (C=O) groups is 1. The average Bonchev–Trinajstić information content (AvgIpc) is 2.47. The van der Waals surface area contributed by atoms with Crippen molar-refractivity contribution in [3.63, 3.8) is 0 Å². The lowest BCUT2D eigenvalue weighted by Gasteiger charge is -2.16. The quantitative estimate of drug-likeness (QED) is 0.685. The molecular formula is C16H17NO3. The van der Waals surface area contributed by atoms with Crippen molar-refractivity contribution in [1.82, 2.24) is 0 Å². The van der Waals surface area contributed by atoms with Gasteiger partial charge in [0.25, 0.3) is 0 Å². The number of ether oxygens (including phenoxy) is 2. The molecule has 104 valence electrons. The van der Waals surface area contributed by atoms with Crippen LogP contribution >= 0.6 is 0 Å². The minimum absolute atomic E-state index is 0.262.